The summed E-state index contributed by atoms with van der Waals surface area (Å²) in [7, 11) is 0. The van der Waals surface area contributed by atoms with Gasteiger partial charge in [-0.25, -0.2) is 4.52 Å². The van der Waals surface area contributed by atoms with Crippen molar-refractivity contribution in [1.29, 1.82) is 0 Å². The standard InChI is InChI=1S/C22H17ClF3N5O2/c1-11-3-4-13(5-12(11)2)18-10-31-19(21(33)29-18)7-16(30-31)20(32)28-9-17-15(23)6-14(8-27-17)22(24,25)26/h3-8,10H,9H2,1-2H3,(H,28,32)(H,29,33). The molecule has 0 bridgehead atoms. The van der Waals surface area contributed by atoms with E-state index in [1.165, 1.54) is 10.6 Å². The number of nitrogens with zero attached hydrogens (tertiary/aromatic N) is 3. The summed E-state index contributed by atoms with van der Waals surface area (Å²) in [6.45, 7) is 3.73. The van der Waals surface area contributed by atoms with Gasteiger partial charge in [0, 0.05) is 12.3 Å². The van der Waals surface area contributed by atoms with Crippen LogP contribution >= 0.6 is 11.6 Å². The monoisotopic (exact) mass is 475 g/mol. The van der Waals surface area contributed by atoms with Gasteiger partial charge < -0.3 is 10.3 Å². The molecule has 3 aromatic heterocycles. The molecule has 4 rings (SSSR count). The lowest BCUT2D eigenvalue weighted by atomic mass is 10.0. The number of aryl methyl sites for hydroxylation is 2. The van der Waals surface area contributed by atoms with Crippen LogP contribution in [0.4, 0.5) is 13.2 Å². The molecule has 0 unspecified atom stereocenters. The number of aromatic amines is 1. The summed E-state index contributed by atoms with van der Waals surface area (Å²) < 4.78 is 39.5. The molecule has 170 valence electrons. The highest BCUT2D eigenvalue weighted by molar-refractivity contribution is 6.31. The van der Waals surface area contributed by atoms with Gasteiger partial charge in [-0.3, -0.25) is 14.6 Å². The van der Waals surface area contributed by atoms with Crippen LogP contribution in [0.3, 0.4) is 0 Å². The van der Waals surface area contributed by atoms with Crippen LogP contribution in [0.25, 0.3) is 16.8 Å². The van der Waals surface area contributed by atoms with Crippen LogP contribution in [-0.2, 0) is 12.7 Å². The van der Waals surface area contributed by atoms with Crippen LogP contribution in [0.15, 0.2) is 47.5 Å². The zero-order valence-electron chi connectivity index (χ0n) is 17.4. The molecular formula is C22H17ClF3N5O2. The molecule has 33 heavy (non-hydrogen) atoms. The molecule has 11 heteroatoms. The van der Waals surface area contributed by atoms with Crippen molar-refractivity contribution < 1.29 is 18.0 Å². The fourth-order valence-corrected chi connectivity index (χ4v) is 3.41. The zero-order valence-corrected chi connectivity index (χ0v) is 18.2. The maximum absolute atomic E-state index is 12.7. The van der Waals surface area contributed by atoms with Gasteiger partial charge >= 0.3 is 6.18 Å². The second-order valence-electron chi connectivity index (χ2n) is 7.49. The van der Waals surface area contributed by atoms with Crippen molar-refractivity contribution in [3.63, 3.8) is 0 Å². The molecule has 1 amide bonds. The Bertz CT molecular complexity index is 1440. The minimum atomic E-state index is -4.57. The first-order chi connectivity index (χ1) is 15.5. The van der Waals surface area contributed by atoms with Crippen molar-refractivity contribution in [1.82, 2.24) is 24.9 Å². The third-order valence-electron chi connectivity index (χ3n) is 5.18. The topological polar surface area (TPSA) is 92.2 Å². The van der Waals surface area contributed by atoms with Gasteiger partial charge in [0.15, 0.2) is 5.69 Å². The number of benzene rings is 1. The number of hydrogen-bond acceptors (Lipinski definition) is 4. The number of H-pyrrole nitrogens is 1. The Morgan fingerprint density at radius 3 is 2.61 bits per heavy atom. The number of nitrogens with one attached hydrogen (secondary N) is 2. The Labute approximate surface area is 190 Å². The molecule has 7 nitrogen and oxygen atoms in total. The fraction of sp³-hybridized carbons (Fsp3) is 0.182. The van der Waals surface area contributed by atoms with E-state index in [2.05, 4.69) is 20.4 Å². The SMILES string of the molecule is Cc1ccc(-c2cn3nc(C(=O)NCc4ncc(C(F)(F)F)cc4Cl)cc3c(=O)[nH]2)cc1C. The highest BCUT2D eigenvalue weighted by Gasteiger charge is 2.31. The van der Waals surface area contributed by atoms with Crippen LogP contribution in [0, 0.1) is 13.8 Å². The van der Waals surface area contributed by atoms with Crippen molar-refractivity contribution in [3.05, 3.63) is 86.2 Å². The van der Waals surface area contributed by atoms with E-state index in [1.807, 2.05) is 32.0 Å². The van der Waals surface area contributed by atoms with Gasteiger partial charge in [-0.15, -0.1) is 0 Å². The Morgan fingerprint density at radius 1 is 1.18 bits per heavy atom. The van der Waals surface area contributed by atoms with E-state index in [0.717, 1.165) is 22.8 Å². The van der Waals surface area contributed by atoms with Gasteiger partial charge in [-0.05, 0) is 42.7 Å². The molecule has 3 heterocycles. The first kappa shape index (κ1) is 22.5. The smallest absolute Gasteiger partial charge is 0.345 e. The summed E-state index contributed by atoms with van der Waals surface area (Å²) in [5.41, 5.74) is 2.28. The molecule has 0 aliphatic rings. The summed E-state index contributed by atoms with van der Waals surface area (Å²) in [5, 5.41) is 6.44. The molecule has 4 aromatic rings. The highest BCUT2D eigenvalue weighted by Crippen LogP contribution is 2.31. The first-order valence-corrected chi connectivity index (χ1v) is 10.1. The van der Waals surface area contributed by atoms with Crippen LogP contribution in [0.1, 0.15) is 32.9 Å². The van der Waals surface area contributed by atoms with Crippen molar-refractivity contribution >= 4 is 23.0 Å². The van der Waals surface area contributed by atoms with Crippen LogP contribution in [0.5, 0.6) is 0 Å². The number of alkyl halides is 3. The third kappa shape index (κ3) is 4.61. The molecule has 0 aliphatic heterocycles. The summed E-state index contributed by atoms with van der Waals surface area (Å²) in [5.74, 6) is -0.636. The van der Waals surface area contributed by atoms with Gasteiger partial charge in [-0.2, -0.15) is 18.3 Å². The average Bonchev–Trinajstić information content (AvgIpc) is 3.19. The average molecular weight is 476 g/mol. The Morgan fingerprint density at radius 2 is 1.94 bits per heavy atom. The summed E-state index contributed by atoms with van der Waals surface area (Å²) in [6.07, 6.45) is -2.32. The lowest BCUT2D eigenvalue weighted by Crippen LogP contribution is -2.24. The van der Waals surface area contributed by atoms with E-state index in [4.69, 9.17) is 11.6 Å². The maximum atomic E-state index is 12.7. The van der Waals surface area contributed by atoms with Crippen molar-refractivity contribution in [3.8, 4) is 11.3 Å². The predicted octanol–water partition coefficient (Wildman–Crippen LogP) is 4.30. The third-order valence-corrected chi connectivity index (χ3v) is 5.51. The van der Waals surface area contributed by atoms with Crippen molar-refractivity contribution in [2.24, 2.45) is 0 Å². The normalized spacial score (nSPS) is 11.7. The molecule has 0 spiro atoms. The first-order valence-electron chi connectivity index (χ1n) is 9.73. The summed E-state index contributed by atoms with van der Waals surface area (Å²) in [4.78, 5) is 31.5. The number of carbonyl (C=O) groups excluding carboxylic acids is 1. The van der Waals surface area contributed by atoms with E-state index in [1.54, 1.807) is 6.20 Å². The number of fused-ring (bicyclic) bond motifs is 1. The number of pyridine rings is 1. The maximum Gasteiger partial charge on any atom is 0.417 e. The number of hydrogen-bond donors (Lipinski definition) is 2. The molecule has 0 saturated carbocycles. The number of halogens is 4. The molecule has 0 aliphatic carbocycles. The van der Waals surface area contributed by atoms with E-state index >= 15 is 0 Å². The van der Waals surface area contributed by atoms with Gasteiger partial charge in [0.25, 0.3) is 11.5 Å². The van der Waals surface area contributed by atoms with E-state index in [-0.39, 0.29) is 28.5 Å². The summed E-state index contributed by atoms with van der Waals surface area (Å²) in [6, 6.07) is 7.81. The Kier molecular flexibility index (Phi) is 5.71. The molecular weight excluding hydrogens is 459 g/mol. The molecule has 2 N–H and O–H groups in total. The zero-order chi connectivity index (χ0) is 23.9. The van der Waals surface area contributed by atoms with E-state index in [0.29, 0.717) is 11.9 Å². The minimum absolute atomic E-state index is 0.0410. The van der Waals surface area contributed by atoms with E-state index < -0.39 is 23.2 Å². The second kappa shape index (κ2) is 8.36. The van der Waals surface area contributed by atoms with Crippen molar-refractivity contribution in [2.45, 2.75) is 26.6 Å². The van der Waals surface area contributed by atoms with Crippen molar-refractivity contribution in [2.75, 3.05) is 0 Å². The van der Waals surface area contributed by atoms with Gasteiger partial charge in [0.1, 0.15) is 5.52 Å². The van der Waals surface area contributed by atoms with Gasteiger partial charge in [-0.1, -0.05) is 23.7 Å². The quantitative estimate of drug-likeness (QED) is 0.460. The van der Waals surface area contributed by atoms with Crippen LogP contribution in [0.2, 0.25) is 5.02 Å². The minimum Gasteiger partial charge on any atom is -0.345 e. The second-order valence-corrected chi connectivity index (χ2v) is 7.90. The molecule has 0 radical (unpaired) electrons. The fourth-order valence-electron chi connectivity index (χ4n) is 3.18. The molecule has 0 fully saturated rings. The number of aromatic nitrogens is 4. The highest BCUT2D eigenvalue weighted by atomic mass is 35.5. The molecule has 0 saturated heterocycles. The van der Waals surface area contributed by atoms with Crippen LogP contribution in [-0.4, -0.2) is 25.5 Å². The van der Waals surface area contributed by atoms with Gasteiger partial charge in [0.05, 0.1) is 34.7 Å². The Balaban J connectivity index is 1.56. The Hall–Kier alpha value is -3.66. The predicted molar refractivity (Wildman–Crippen MR) is 116 cm³/mol. The largest absolute Gasteiger partial charge is 0.417 e. The van der Waals surface area contributed by atoms with E-state index in [9.17, 15) is 22.8 Å². The summed E-state index contributed by atoms with van der Waals surface area (Å²) >= 11 is 5.87. The molecule has 0 atom stereocenters. The lowest BCUT2D eigenvalue weighted by molar-refractivity contribution is -0.137. The number of rotatable bonds is 4. The molecule has 1 aromatic carbocycles. The number of carbonyl (C=O) groups is 1. The number of amides is 1. The van der Waals surface area contributed by atoms with Gasteiger partial charge in [0.2, 0.25) is 0 Å². The van der Waals surface area contributed by atoms with Crippen LogP contribution < -0.4 is 10.9 Å². The lowest BCUT2D eigenvalue weighted by Gasteiger charge is -2.09.